The first kappa shape index (κ1) is 20.6. The molecule has 0 aliphatic heterocycles. The highest BCUT2D eigenvalue weighted by molar-refractivity contribution is 6.07. The van der Waals surface area contributed by atoms with Crippen LogP contribution in [0.3, 0.4) is 0 Å². The fourth-order valence-corrected chi connectivity index (χ4v) is 3.24. The van der Waals surface area contributed by atoms with Crippen molar-refractivity contribution in [3.63, 3.8) is 0 Å². The molecule has 0 radical (unpaired) electrons. The van der Waals surface area contributed by atoms with Crippen molar-refractivity contribution < 1.29 is 14.3 Å². The lowest BCUT2D eigenvalue weighted by atomic mass is 10.0. The Bertz CT molecular complexity index is 951. The average Bonchev–Trinajstić information content (AvgIpc) is 2.77. The summed E-state index contributed by atoms with van der Waals surface area (Å²) in [6, 6.07) is 22.6. The van der Waals surface area contributed by atoms with Crippen LogP contribution in [-0.4, -0.2) is 37.6 Å². The van der Waals surface area contributed by atoms with Crippen LogP contribution in [-0.2, 0) is 4.74 Å². The van der Waals surface area contributed by atoms with Gasteiger partial charge in [0.15, 0.2) is 0 Å². The van der Waals surface area contributed by atoms with Gasteiger partial charge in [-0.25, -0.2) is 0 Å². The van der Waals surface area contributed by atoms with Crippen molar-refractivity contribution >= 4 is 22.6 Å². The van der Waals surface area contributed by atoms with Crippen LogP contribution in [0, 0.1) is 0 Å². The smallest absolute Gasteiger partial charge is 0.252 e. The highest BCUT2D eigenvalue weighted by Crippen LogP contribution is 2.18. The maximum absolute atomic E-state index is 12.7. The molecule has 0 heterocycles. The molecule has 2 amide bonds. The van der Waals surface area contributed by atoms with Crippen LogP contribution in [0.25, 0.3) is 10.8 Å². The number of fused-ring (bicyclic) bond motifs is 1. The Labute approximate surface area is 171 Å². The Balaban J connectivity index is 1.53. The largest absolute Gasteiger partial charge is 0.377 e. The van der Waals surface area contributed by atoms with E-state index in [0.717, 1.165) is 10.8 Å². The zero-order valence-corrected chi connectivity index (χ0v) is 16.6. The first-order valence-corrected chi connectivity index (χ1v) is 9.90. The second-order valence-corrected chi connectivity index (χ2v) is 6.72. The molecule has 3 aromatic carbocycles. The fraction of sp³-hybridized carbons (Fsp3) is 0.250. The van der Waals surface area contributed by atoms with Crippen LogP contribution < -0.4 is 10.6 Å². The van der Waals surface area contributed by atoms with Crippen LogP contribution in [0.5, 0.6) is 0 Å². The molecule has 0 bridgehead atoms. The molecule has 0 aromatic heterocycles. The molecule has 0 saturated carbocycles. The summed E-state index contributed by atoms with van der Waals surface area (Å²) in [4.78, 5) is 24.8. The number of benzene rings is 3. The van der Waals surface area contributed by atoms with Crippen LogP contribution in [0.2, 0.25) is 0 Å². The number of ether oxygens (including phenoxy) is 1. The number of carbonyl (C=O) groups is 2. The minimum absolute atomic E-state index is 0.111. The molecule has 1 unspecified atom stereocenters. The number of hydrogen-bond acceptors (Lipinski definition) is 3. The summed E-state index contributed by atoms with van der Waals surface area (Å²) >= 11 is 0. The number of carbonyl (C=O) groups excluding carboxylic acids is 2. The molecule has 3 rings (SSSR count). The maximum Gasteiger partial charge on any atom is 0.252 e. The standard InChI is InChI=1S/C24H26N2O3/c1-2-29-20(15-16-25-23(27)19-10-4-3-5-11-19)17-26-24(28)22-14-8-12-18-9-6-7-13-21(18)22/h3-14,20H,2,15-17H2,1H3,(H,25,27)(H,26,28). The number of rotatable bonds is 9. The van der Waals surface area contributed by atoms with Gasteiger partial charge in [0.05, 0.1) is 6.10 Å². The third-order valence-corrected chi connectivity index (χ3v) is 4.71. The van der Waals surface area contributed by atoms with Gasteiger partial charge >= 0.3 is 0 Å². The minimum atomic E-state index is -0.171. The highest BCUT2D eigenvalue weighted by atomic mass is 16.5. The Hall–Kier alpha value is -3.18. The highest BCUT2D eigenvalue weighted by Gasteiger charge is 2.14. The molecule has 0 fully saturated rings. The summed E-state index contributed by atoms with van der Waals surface area (Å²) in [5, 5.41) is 7.83. The van der Waals surface area contributed by atoms with E-state index in [-0.39, 0.29) is 17.9 Å². The average molecular weight is 390 g/mol. The van der Waals surface area contributed by atoms with E-state index in [1.807, 2.05) is 67.6 Å². The molecule has 5 heteroatoms. The maximum atomic E-state index is 12.7. The molecule has 29 heavy (non-hydrogen) atoms. The zero-order valence-electron chi connectivity index (χ0n) is 16.6. The number of amides is 2. The Kier molecular flexibility index (Phi) is 7.36. The fourth-order valence-electron chi connectivity index (χ4n) is 3.24. The normalized spacial score (nSPS) is 11.8. The summed E-state index contributed by atoms with van der Waals surface area (Å²) in [5.41, 5.74) is 1.28. The predicted molar refractivity (Wildman–Crippen MR) is 115 cm³/mol. The van der Waals surface area contributed by atoms with E-state index in [9.17, 15) is 9.59 Å². The van der Waals surface area contributed by atoms with E-state index in [2.05, 4.69) is 10.6 Å². The Morgan fingerprint density at radius 3 is 2.38 bits per heavy atom. The molecule has 0 saturated heterocycles. The molecule has 0 spiro atoms. The predicted octanol–water partition coefficient (Wildman–Crippen LogP) is 3.79. The lowest BCUT2D eigenvalue weighted by Gasteiger charge is -2.18. The van der Waals surface area contributed by atoms with Crippen molar-refractivity contribution in [2.75, 3.05) is 19.7 Å². The van der Waals surface area contributed by atoms with Crippen molar-refractivity contribution in [1.82, 2.24) is 10.6 Å². The summed E-state index contributed by atoms with van der Waals surface area (Å²) in [5.74, 6) is -0.236. The van der Waals surface area contributed by atoms with Crippen LogP contribution in [0.4, 0.5) is 0 Å². The van der Waals surface area contributed by atoms with Crippen molar-refractivity contribution in [2.45, 2.75) is 19.4 Å². The van der Waals surface area contributed by atoms with Gasteiger partial charge < -0.3 is 15.4 Å². The molecule has 0 aliphatic rings. The van der Waals surface area contributed by atoms with E-state index in [4.69, 9.17) is 4.74 Å². The van der Waals surface area contributed by atoms with E-state index in [0.29, 0.717) is 37.2 Å². The minimum Gasteiger partial charge on any atom is -0.377 e. The van der Waals surface area contributed by atoms with E-state index >= 15 is 0 Å². The van der Waals surface area contributed by atoms with Crippen molar-refractivity contribution in [1.29, 1.82) is 0 Å². The summed E-state index contributed by atoms with van der Waals surface area (Å²) in [7, 11) is 0. The first-order valence-electron chi connectivity index (χ1n) is 9.90. The van der Waals surface area contributed by atoms with Gasteiger partial charge in [0, 0.05) is 30.8 Å². The third-order valence-electron chi connectivity index (χ3n) is 4.71. The quantitative estimate of drug-likeness (QED) is 0.584. The van der Waals surface area contributed by atoms with Gasteiger partial charge in [-0.2, -0.15) is 0 Å². The molecule has 3 aromatic rings. The van der Waals surface area contributed by atoms with E-state index in [1.54, 1.807) is 12.1 Å². The first-order chi connectivity index (χ1) is 14.2. The second-order valence-electron chi connectivity index (χ2n) is 6.72. The topological polar surface area (TPSA) is 67.4 Å². The van der Waals surface area contributed by atoms with Crippen LogP contribution in [0.15, 0.2) is 72.8 Å². The second kappa shape index (κ2) is 10.4. The summed E-state index contributed by atoms with van der Waals surface area (Å²) in [6.07, 6.45) is 0.442. The molecule has 150 valence electrons. The van der Waals surface area contributed by atoms with Crippen molar-refractivity contribution in [3.05, 3.63) is 83.9 Å². The SMILES string of the molecule is CCOC(CCNC(=O)c1ccccc1)CNC(=O)c1cccc2ccccc12. The lowest BCUT2D eigenvalue weighted by Crippen LogP contribution is -2.36. The molecular formula is C24H26N2O3. The summed E-state index contributed by atoms with van der Waals surface area (Å²) < 4.78 is 5.74. The van der Waals surface area contributed by atoms with Gasteiger partial charge in [0.25, 0.3) is 11.8 Å². The molecule has 1 atom stereocenters. The van der Waals surface area contributed by atoms with E-state index in [1.165, 1.54) is 0 Å². The van der Waals surface area contributed by atoms with Gasteiger partial charge in [-0.05, 0) is 42.3 Å². The van der Waals surface area contributed by atoms with E-state index < -0.39 is 0 Å². The Morgan fingerprint density at radius 2 is 1.59 bits per heavy atom. The van der Waals surface area contributed by atoms with Crippen molar-refractivity contribution in [3.8, 4) is 0 Å². The molecule has 5 nitrogen and oxygen atoms in total. The summed E-state index contributed by atoms with van der Waals surface area (Å²) in [6.45, 7) is 3.32. The molecular weight excluding hydrogens is 364 g/mol. The van der Waals surface area contributed by atoms with Crippen LogP contribution >= 0.6 is 0 Å². The van der Waals surface area contributed by atoms with Crippen LogP contribution in [0.1, 0.15) is 34.1 Å². The third kappa shape index (κ3) is 5.65. The number of nitrogens with one attached hydrogen (secondary N) is 2. The number of hydrogen-bond donors (Lipinski definition) is 2. The molecule has 0 aliphatic carbocycles. The van der Waals surface area contributed by atoms with Gasteiger partial charge in [-0.15, -0.1) is 0 Å². The molecule has 2 N–H and O–H groups in total. The lowest BCUT2D eigenvalue weighted by molar-refractivity contribution is 0.0535. The van der Waals surface area contributed by atoms with Gasteiger partial charge in [-0.3, -0.25) is 9.59 Å². The Morgan fingerprint density at radius 1 is 0.862 bits per heavy atom. The van der Waals surface area contributed by atoms with Gasteiger partial charge in [0.2, 0.25) is 0 Å². The van der Waals surface area contributed by atoms with Gasteiger partial charge in [-0.1, -0.05) is 54.6 Å². The monoisotopic (exact) mass is 390 g/mol. The van der Waals surface area contributed by atoms with Crippen molar-refractivity contribution in [2.24, 2.45) is 0 Å². The van der Waals surface area contributed by atoms with Gasteiger partial charge in [0.1, 0.15) is 0 Å². The zero-order chi connectivity index (χ0) is 20.5.